The summed E-state index contributed by atoms with van der Waals surface area (Å²) >= 11 is 6.12. The van der Waals surface area contributed by atoms with E-state index >= 15 is 0 Å². The number of rotatable bonds is 10. The third kappa shape index (κ3) is 6.63. The Balaban J connectivity index is 1.85. The molecule has 0 unspecified atom stereocenters. The lowest BCUT2D eigenvalue weighted by atomic mass is 10.1. The number of hydrogen-bond donors (Lipinski definition) is 1. The summed E-state index contributed by atoms with van der Waals surface area (Å²) in [6, 6.07) is 18.5. The molecule has 36 heavy (non-hydrogen) atoms. The maximum atomic E-state index is 13.4. The molecule has 2 amide bonds. The van der Waals surface area contributed by atoms with E-state index in [2.05, 4.69) is 5.32 Å². The molecule has 9 heteroatoms. The summed E-state index contributed by atoms with van der Waals surface area (Å²) in [5.74, 6) is -0.798. The van der Waals surface area contributed by atoms with Crippen molar-refractivity contribution >= 4 is 44.2 Å². The molecule has 1 N–H and O–H groups in total. The molecule has 0 saturated heterocycles. The number of hydrogen-bond acceptors (Lipinski definition) is 4. The number of carbonyl (C=O) groups is 2. The van der Waals surface area contributed by atoms with Gasteiger partial charge >= 0.3 is 0 Å². The van der Waals surface area contributed by atoms with E-state index in [1.165, 1.54) is 18.0 Å². The van der Waals surface area contributed by atoms with Crippen LogP contribution in [0.1, 0.15) is 32.8 Å². The summed E-state index contributed by atoms with van der Waals surface area (Å²) in [5, 5.41) is 5.11. The second kappa shape index (κ2) is 11.9. The van der Waals surface area contributed by atoms with Crippen LogP contribution in [-0.2, 0) is 26.2 Å². The monoisotopic (exact) mass is 529 g/mol. The zero-order valence-corrected chi connectivity index (χ0v) is 22.5. The van der Waals surface area contributed by atoms with Gasteiger partial charge in [-0.15, -0.1) is 0 Å². The summed E-state index contributed by atoms with van der Waals surface area (Å²) in [7, 11) is -2.58. The van der Waals surface area contributed by atoms with Crippen molar-refractivity contribution in [2.75, 3.05) is 13.6 Å². The zero-order valence-electron chi connectivity index (χ0n) is 20.9. The number of likely N-dealkylation sites (N-methyl/N-ethyl adjacent to an activating group) is 1. The Morgan fingerprint density at radius 3 is 2.33 bits per heavy atom. The van der Waals surface area contributed by atoms with Gasteiger partial charge in [0.2, 0.25) is 21.8 Å². The Hall–Kier alpha value is -2.94. The quantitative estimate of drug-likeness (QED) is 0.420. The van der Waals surface area contributed by atoms with Gasteiger partial charge in [0.15, 0.2) is 0 Å². The number of halogens is 1. The smallest absolute Gasteiger partial charge is 0.243 e. The molecule has 3 aromatic carbocycles. The average molecular weight is 530 g/mol. The first-order valence-corrected chi connectivity index (χ1v) is 13.6. The van der Waals surface area contributed by atoms with Gasteiger partial charge in [0.25, 0.3) is 0 Å². The lowest BCUT2D eigenvalue weighted by Gasteiger charge is -2.31. The number of nitrogens with zero attached hydrogens (tertiary/aromatic N) is 2. The second-order valence-corrected chi connectivity index (χ2v) is 11.4. The average Bonchev–Trinajstić information content (AvgIpc) is 2.86. The normalized spacial score (nSPS) is 13.4. The Morgan fingerprint density at radius 2 is 1.67 bits per heavy atom. The molecule has 3 aromatic rings. The minimum Gasteiger partial charge on any atom is -0.352 e. The van der Waals surface area contributed by atoms with Crippen LogP contribution < -0.4 is 5.32 Å². The van der Waals surface area contributed by atoms with Crippen molar-refractivity contribution in [1.29, 1.82) is 0 Å². The van der Waals surface area contributed by atoms with Crippen molar-refractivity contribution in [2.45, 2.75) is 50.7 Å². The van der Waals surface area contributed by atoms with Crippen LogP contribution in [0.4, 0.5) is 0 Å². The van der Waals surface area contributed by atoms with Crippen LogP contribution >= 0.6 is 11.6 Å². The van der Waals surface area contributed by atoms with Crippen LogP contribution in [0.25, 0.3) is 10.8 Å². The van der Waals surface area contributed by atoms with Gasteiger partial charge in [-0.2, -0.15) is 4.31 Å². The van der Waals surface area contributed by atoms with Crippen LogP contribution in [0, 0.1) is 0 Å². The SMILES string of the molecule is CC[C@H](C)NC(=O)[C@H](C)N(Cc1cccc(Cl)c1)C(=O)CN(C)S(=O)(=O)c1ccc2ccccc2c1. The van der Waals surface area contributed by atoms with E-state index in [1.807, 2.05) is 38.1 Å². The number of carbonyl (C=O) groups excluding carboxylic acids is 2. The Bertz CT molecular complexity index is 1350. The van der Waals surface area contributed by atoms with Crippen LogP contribution in [0.2, 0.25) is 5.02 Å². The molecule has 3 rings (SSSR count). The molecule has 0 aliphatic carbocycles. The first kappa shape index (κ1) is 27.6. The van der Waals surface area contributed by atoms with Crippen LogP contribution in [0.15, 0.2) is 71.6 Å². The topological polar surface area (TPSA) is 86.8 Å². The summed E-state index contributed by atoms with van der Waals surface area (Å²) < 4.78 is 27.6. The minimum absolute atomic E-state index is 0.0565. The highest BCUT2D eigenvalue weighted by atomic mass is 35.5. The van der Waals surface area contributed by atoms with Crippen molar-refractivity contribution in [3.05, 3.63) is 77.3 Å². The van der Waals surface area contributed by atoms with Gasteiger partial charge in [0.05, 0.1) is 11.4 Å². The molecule has 0 saturated carbocycles. The largest absolute Gasteiger partial charge is 0.352 e. The zero-order chi connectivity index (χ0) is 26.5. The van der Waals surface area contributed by atoms with Crippen LogP contribution in [0.5, 0.6) is 0 Å². The third-order valence-electron chi connectivity index (χ3n) is 6.20. The molecule has 0 aliphatic rings. The lowest BCUT2D eigenvalue weighted by Crippen LogP contribution is -2.51. The molecule has 192 valence electrons. The van der Waals surface area contributed by atoms with E-state index in [-0.39, 0.29) is 23.4 Å². The summed E-state index contributed by atoms with van der Waals surface area (Å²) in [6.45, 7) is 5.17. The van der Waals surface area contributed by atoms with Crippen LogP contribution in [-0.4, -0.2) is 55.1 Å². The molecule has 7 nitrogen and oxygen atoms in total. The van der Waals surface area contributed by atoms with Crippen molar-refractivity contribution in [1.82, 2.24) is 14.5 Å². The van der Waals surface area contributed by atoms with Gasteiger partial charge in [-0.25, -0.2) is 8.42 Å². The minimum atomic E-state index is -3.94. The maximum absolute atomic E-state index is 13.4. The summed E-state index contributed by atoms with van der Waals surface area (Å²) in [4.78, 5) is 27.8. The number of nitrogens with one attached hydrogen (secondary N) is 1. The maximum Gasteiger partial charge on any atom is 0.243 e. The van der Waals surface area contributed by atoms with E-state index < -0.39 is 28.5 Å². The predicted molar refractivity (Wildman–Crippen MR) is 143 cm³/mol. The molecule has 0 aliphatic heterocycles. The second-order valence-electron chi connectivity index (χ2n) is 8.92. The van der Waals surface area contributed by atoms with Crippen LogP contribution in [0.3, 0.4) is 0 Å². The van der Waals surface area contributed by atoms with Gasteiger partial charge < -0.3 is 10.2 Å². The van der Waals surface area contributed by atoms with E-state index in [9.17, 15) is 18.0 Å². The first-order chi connectivity index (χ1) is 17.0. The standard InChI is InChI=1S/C27H32ClN3O4S/c1-5-19(2)29-27(33)20(3)31(17-21-9-8-12-24(28)15-21)26(32)18-30(4)36(34,35)25-14-13-22-10-6-7-11-23(22)16-25/h6-16,19-20H,5,17-18H2,1-4H3,(H,29,33)/t19-,20-/m0/s1. The van der Waals surface area contributed by atoms with E-state index in [0.717, 1.165) is 27.1 Å². The van der Waals surface area contributed by atoms with Crippen molar-refractivity contribution < 1.29 is 18.0 Å². The van der Waals surface area contributed by atoms with E-state index in [1.54, 1.807) is 43.3 Å². The number of amides is 2. The molecular formula is C27H32ClN3O4S. The van der Waals surface area contributed by atoms with E-state index in [4.69, 9.17) is 11.6 Å². The highest BCUT2D eigenvalue weighted by Crippen LogP contribution is 2.22. The fourth-order valence-electron chi connectivity index (χ4n) is 3.75. The van der Waals surface area contributed by atoms with Crippen molar-refractivity contribution in [3.8, 4) is 0 Å². The highest BCUT2D eigenvalue weighted by Gasteiger charge is 2.30. The summed E-state index contributed by atoms with van der Waals surface area (Å²) in [6.07, 6.45) is 0.743. The third-order valence-corrected chi connectivity index (χ3v) is 8.23. The number of benzene rings is 3. The molecule has 0 radical (unpaired) electrons. The van der Waals surface area contributed by atoms with Gasteiger partial charge in [-0.1, -0.05) is 61.0 Å². The van der Waals surface area contributed by atoms with Crippen molar-refractivity contribution in [2.24, 2.45) is 0 Å². The highest BCUT2D eigenvalue weighted by molar-refractivity contribution is 7.89. The fraction of sp³-hybridized carbons (Fsp3) is 0.333. The number of sulfonamides is 1. The Kier molecular flexibility index (Phi) is 9.11. The molecule has 0 bridgehead atoms. The van der Waals surface area contributed by atoms with Gasteiger partial charge in [-0.05, 0) is 60.9 Å². The number of fused-ring (bicyclic) bond motifs is 1. The van der Waals surface area contributed by atoms with Gasteiger partial charge in [-0.3, -0.25) is 9.59 Å². The van der Waals surface area contributed by atoms with Gasteiger partial charge in [0, 0.05) is 24.7 Å². The molecule has 0 aromatic heterocycles. The molecule has 0 fully saturated rings. The first-order valence-electron chi connectivity index (χ1n) is 11.8. The van der Waals surface area contributed by atoms with Crippen molar-refractivity contribution in [3.63, 3.8) is 0 Å². The summed E-state index contributed by atoms with van der Waals surface area (Å²) in [5.41, 5.74) is 0.735. The molecular weight excluding hydrogens is 498 g/mol. The lowest BCUT2D eigenvalue weighted by molar-refractivity contribution is -0.140. The van der Waals surface area contributed by atoms with Gasteiger partial charge in [0.1, 0.15) is 6.04 Å². The molecule has 2 atom stereocenters. The predicted octanol–water partition coefficient (Wildman–Crippen LogP) is 4.45. The Labute approximate surface area is 218 Å². The molecule has 0 heterocycles. The Morgan fingerprint density at radius 1 is 0.972 bits per heavy atom. The fourth-order valence-corrected chi connectivity index (χ4v) is 5.12. The molecule has 0 spiro atoms. The van der Waals surface area contributed by atoms with E-state index in [0.29, 0.717) is 5.02 Å².